The Bertz CT molecular complexity index is 10.0. The van der Waals surface area contributed by atoms with Crippen molar-refractivity contribution in [2.45, 2.75) is 0 Å². The molecule has 0 rings (SSSR count). The van der Waals surface area contributed by atoms with Crippen molar-refractivity contribution in [1.29, 1.82) is 0 Å². The average molecular weight is 139 g/mol. The molecule has 0 saturated carbocycles. The van der Waals surface area contributed by atoms with Crippen molar-refractivity contribution in [3.05, 3.63) is 0 Å². The van der Waals surface area contributed by atoms with E-state index in [9.17, 15) is 0 Å². The minimum absolute atomic E-state index is 0.453. The van der Waals surface area contributed by atoms with Gasteiger partial charge in [-0.25, -0.2) is 0 Å². The van der Waals surface area contributed by atoms with Gasteiger partial charge in [0.05, 0.1) is 0 Å². The van der Waals surface area contributed by atoms with Gasteiger partial charge in [0.15, 0.2) is 0 Å². The summed E-state index contributed by atoms with van der Waals surface area (Å²) in [6, 6.07) is 0. The van der Waals surface area contributed by atoms with Gasteiger partial charge >= 0.3 is 8.38 Å². The molecule has 0 N–H and O–H groups in total. The minimum Gasteiger partial charge on any atom is -0.410 e. The summed E-state index contributed by atoms with van der Waals surface area (Å²) >= 11 is 3.05. The third-order valence-electron chi connectivity index (χ3n) is 0.0772. The molecule has 1 nitrogen and oxygen atoms in total. The lowest BCUT2D eigenvalue weighted by molar-refractivity contribution is 0.457. The Hall–Kier alpha value is 0.657. The van der Waals surface area contributed by atoms with E-state index in [0.717, 1.165) is 0 Å². The van der Waals surface area contributed by atoms with Gasteiger partial charge in [0.25, 0.3) is 0 Å². The molecular formula is CH3BrOSi. The molecule has 0 saturated heterocycles. The molecule has 4 heavy (non-hydrogen) atoms. The van der Waals surface area contributed by atoms with Crippen molar-refractivity contribution in [1.82, 2.24) is 0 Å². The fourth-order valence-electron chi connectivity index (χ4n) is 0. The molecule has 2 radical (unpaired) electrons. The fourth-order valence-corrected chi connectivity index (χ4v) is 0. The van der Waals surface area contributed by atoms with Crippen LogP contribution in [0.2, 0.25) is 0 Å². The lowest BCUT2D eigenvalue weighted by atomic mass is 11.8. The Kier molecular flexibility index (Phi) is 4.26. The summed E-state index contributed by atoms with van der Waals surface area (Å²) in [5, 5.41) is 0. The third kappa shape index (κ3) is 2.66. The Labute approximate surface area is 35.9 Å². The van der Waals surface area contributed by atoms with Gasteiger partial charge in [-0.05, 0) is 0 Å². The molecule has 0 aliphatic heterocycles. The molecule has 3 heteroatoms. The lowest BCUT2D eigenvalue weighted by Crippen LogP contribution is -1.74. The maximum atomic E-state index is 4.49. The highest BCUT2D eigenvalue weighted by atomic mass is 79.9. The van der Waals surface area contributed by atoms with Crippen molar-refractivity contribution in [2.24, 2.45) is 0 Å². The highest BCUT2D eigenvalue weighted by molar-refractivity contribution is 9.23. The quantitative estimate of drug-likeness (QED) is 0.381. The molecule has 0 aliphatic carbocycles. The molecule has 0 bridgehead atoms. The molecule has 0 aliphatic rings. The maximum Gasteiger partial charge on any atom is 0.321 e. The SMILES string of the molecule is CO[Si]Br. The van der Waals surface area contributed by atoms with Crippen LogP contribution in [-0.2, 0) is 4.43 Å². The van der Waals surface area contributed by atoms with E-state index in [2.05, 4.69) is 19.7 Å². The predicted molar refractivity (Wildman–Crippen MR) is 21.7 cm³/mol. The van der Waals surface area contributed by atoms with Crippen molar-refractivity contribution in [3.63, 3.8) is 0 Å². The van der Waals surface area contributed by atoms with Crippen LogP contribution in [0.1, 0.15) is 0 Å². The molecule has 0 fully saturated rings. The first kappa shape index (κ1) is 4.66. The first-order chi connectivity index (χ1) is 1.91. The topological polar surface area (TPSA) is 9.23 Å². The lowest BCUT2D eigenvalue weighted by Gasteiger charge is -1.70. The van der Waals surface area contributed by atoms with Gasteiger partial charge < -0.3 is 4.43 Å². The molecule has 0 unspecified atom stereocenters. The second kappa shape index (κ2) is 3.66. The molecule has 0 heterocycles. The third-order valence-corrected chi connectivity index (χ3v) is 1.20. The Balaban J connectivity index is 1.97. The van der Waals surface area contributed by atoms with E-state index >= 15 is 0 Å². The summed E-state index contributed by atoms with van der Waals surface area (Å²) in [7, 11) is 2.10. The number of halogens is 1. The van der Waals surface area contributed by atoms with Gasteiger partial charge in [0.2, 0.25) is 0 Å². The summed E-state index contributed by atoms with van der Waals surface area (Å²) in [5.41, 5.74) is 0. The van der Waals surface area contributed by atoms with Gasteiger partial charge in [-0.15, -0.1) is 0 Å². The predicted octanol–water partition coefficient (Wildman–Crippen LogP) is 0.562. The second-order valence-corrected chi connectivity index (χ2v) is 1.82. The van der Waals surface area contributed by atoms with E-state index in [-0.39, 0.29) is 0 Å². The largest absolute Gasteiger partial charge is 0.410 e. The molecule has 0 aromatic rings. The van der Waals surface area contributed by atoms with Crippen LogP contribution >= 0.6 is 15.3 Å². The molecular weight excluding hydrogens is 136 g/mol. The summed E-state index contributed by atoms with van der Waals surface area (Å²) in [4.78, 5) is 0. The number of hydrogen-bond donors (Lipinski definition) is 0. The van der Waals surface area contributed by atoms with E-state index in [1.165, 1.54) is 0 Å². The van der Waals surface area contributed by atoms with Crippen molar-refractivity contribution < 1.29 is 4.43 Å². The van der Waals surface area contributed by atoms with E-state index in [4.69, 9.17) is 0 Å². The summed E-state index contributed by atoms with van der Waals surface area (Å²) in [5.74, 6) is 0. The van der Waals surface area contributed by atoms with E-state index in [0.29, 0.717) is 8.38 Å². The highest BCUT2D eigenvalue weighted by Crippen LogP contribution is 1.67. The monoisotopic (exact) mass is 138 g/mol. The normalized spacial score (nSPS) is 7.50. The van der Waals surface area contributed by atoms with Crippen LogP contribution in [0.25, 0.3) is 0 Å². The van der Waals surface area contributed by atoms with Crippen LogP contribution < -0.4 is 0 Å². The zero-order chi connectivity index (χ0) is 3.41. The minimum atomic E-state index is 0.453. The van der Waals surface area contributed by atoms with Gasteiger partial charge in [-0.1, -0.05) is 15.3 Å². The van der Waals surface area contributed by atoms with Crippen LogP contribution in [0, 0.1) is 0 Å². The summed E-state index contributed by atoms with van der Waals surface area (Å²) < 4.78 is 4.49. The smallest absolute Gasteiger partial charge is 0.321 e. The van der Waals surface area contributed by atoms with E-state index < -0.39 is 0 Å². The van der Waals surface area contributed by atoms with Gasteiger partial charge in [-0.3, -0.25) is 0 Å². The number of rotatable bonds is 1. The highest BCUT2D eigenvalue weighted by Gasteiger charge is 1.62. The van der Waals surface area contributed by atoms with Crippen molar-refractivity contribution in [2.75, 3.05) is 7.11 Å². The molecule has 0 amide bonds. The summed E-state index contributed by atoms with van der Waals surface area (Å²) in [6.45, 7) is 0. The molecule has 0 aromatic heterocycles. The van der Waals surface area contributed by atoms with E-state index in [1.807, 2.05) is 0 Å². The van der Waals surface area contributed by atoms with Gasteiger partial charge in [0, 0.05) is 7.11 Å². The first-order valence-corrected chi connectivity index (χ1v) is 3.97. The number of hydrogen-bond acceptors (Lipinski definition) is 1. The maximum absolute atomic E-state index is 4.49. The second-order valence-electron chi connectivity index (χ2n) is 0.281. The van der Waals surface area contributed by atoms with Crippen LogP contribution in [0.15, 0.2) is 0 Å². The molecule has 24 valence electrons. The van der Waals surface area contributed by atoms with Crippen LogP contribution in [-0.4, -0.2) is 15.5 Å². The molecule has 0 atom stereocenters. The summed E-state index contributed by atoms with van der Waals surface area (Å²) in [6.07, 6.45) is 0. The standard InChI is InChI=1S/CH3BrOSi/c1-3-4-2/h1H3. The first-order valence-electron chi connectivity index (χ1n) is 0.801. The van der Waals surface area contributed by atoms with Crippen LogP contribution in [0.4, 0.5) is 0 Å². The average Bonchev–Trinajstić information content (AvgIpc) is 1.37. The zero-order valence-corrected chi connectivity index (χ0v) is 4.87. The molecule has 0 aromatic carbocycles. The Morgan fingerprint density at radius 1 is 2.00 bits per heavy atom. The molecule has 0 spiro atoms. The van der Waals surface area contributed by atoms with Crippen molar-refractivity contribution >= 4 is 23.7 Å². The Morgan fingerprint density at radius 2 is 2.25 bits per heavy atom. The van der Waals surface area contributed by atoms with E-state index in [1.54, 1.807) is 7.11 Å². The van der Waals surface area contributed by atoms with Crippen molar-refractivity contribution in [3.8, 4) is 0 Å². The van der Waals surface area contributed by atoms with Crippen LogP contribution in [0.5, 0.6) is 0 Å². The van der Waals surface area contributed by atoms with Crippen LogP contribution in [0.3, 0.4) is 0 Å². The van der Waals surface area contributed by atoms with Gasteiger partial charge in [-0.2, -0.15) is 0 Å². The van der Waals surface area contributed by atoms with Gasteiger partial charge in [0.1, 0.15) is 0 Å². The Morgan fingerprint density at radius 3 is 2.25 bits per heavy atom. The zero-order valence-electron chi connectivity index (χ0n) is 2.29. The fraction of sp³-hybridized carbons (Fsp3) is 1.00.